The largest absolute Gasteiger partial charge is 0.394 e. The van der Waals surface area contributed by atoms with Crippen LogP contribution >= 0.6 is 11.8 Å². The number of nitrogens with one attached hydrogen (secondary N) is 1. The fraction of sp³-hybridized carbons (Fsp3) is 0.632. The third kappa shape index (κ3) is 7.80. The second kappa shape index (κ2) is 12.0. The highest BCUT2D eigenvalue weighted by Crippen LogP contribution is 2.25. The molecule has 170 valence electrons. The molecule has 0 aromatic heterocycles. The molecule has 0 aliphatic carbocycles. The van der Waals surface area contributed by atoms with E-state index in [0.717, 1.165) is 17.7 Å². The number of carbonyl (C=O) groups excluding carboxylic acids is 1. The molecule has 0 radical (unpaired) electrons. The molecule has 9 nitrogen and oxygen atoms in total. The number of hydrogen-bond donors (Lipinski definition) is 5. The first-order valence-corrected chi connectivity index (χ1v) is 12.5. The summed E-state index contributed by atoms with van der Waals surface area (Å²) in [6.45, 7) is 0.142. The highest BCUT2D eigenvalue weighted by atomic mass is 32.2. The van der Waals surface area contributed by atoms with Crippen LogP contribution in [0.25, 0.3) is 0 Å². The predicted molar refractivity (Wildman–Crippen MR) is 113 cm³/mol. The lowest BCUT2D eigenvalue weighted by molar-refractivity contribution is -0.120. The van der Waals surface area contributed by atoms with Crippen LogP contribution in [0.15, 0.2) is 29.2 Å². The topological polar surface area (TPSA) is 159 Å². The molecule has 1 heterocycles. The van der Waals surface area contributed by atoms with Crippen LogP contribution in [0.4, 0.5) is 0 Å². The van der Waals surface area contributed by atoms with Crippen LogP contribution < -0.4 is 10.5 Å². The van der Waals surface area contributed by atoms with Crippen LogP contribution in [0.2, 0.25) is 0 Å². The maximum Gasteiger partial charge on any atom is 0.238 e. The second-order valence-corrected chi connectivity index (χ2v) is 9.96. The molecule has 0 bridgehead atoms. The van der Waals surface area contributed by atoms with E-state index in [-0.39, 0.29) is 17.4 Å². The molecule has 1 amide bonds. The van der Waals surface area contributed by atoms with E-state index in [2.05, 4.69) is 5.32 Å². The number of hydrogen-bond acceptors (Lipinski definition) is 8. The first-order chi connectivity index (χ1) is 14.2. The van der Waals surface area contributed by atoms with Crippen LogP contribution in [-0.4, -0.2) is 78.7 Å². The Morgan fingerprint density at radius 2 is 1.80 bits per heavy atom. The average molecular weight is 463 g/mol. The minimum absolute atomic E-state index is 0.0490. The number of ether oxygens (including phenoxy) is 1. The van der Waals surface area contributed by atoms with Crippen LogP contribution in [0.3, 0.4) is 0 Å². The van der Waals surface area contributed by atoms with E-state index in [9.17, 15) is 23.4 Å². The van der Waals surface area contributed by atoms with Gasteiger partial charge < -0.3 is 25.4 Å². The minimum Gasteiger partial charge on any atom is -0.394 e. The Labute approximate surface area is 181 Å². The van der Waals surface area contributed by atoms with E-state index in [4.69, 9.17) is 15.0 Å². The van der Waals surface area contributed by atoms with E-state index >= 15 is 0 Å². The van der Waals surface area contributed by atoms with Gasteiger partial charge in [-0.05, 0) is 42.7 Å². The number of amides is 1. The number of thioether (sulfide) groups is 1. The highest BCUT2D eigenvalue weighted by Gasteiger charge is 2.41. The molecule has 2 rings (SSSR count). The molecule has 0 unspecified atom stereocenters. The summed E-state index contributed by atoms with van der Waals surface area (Å²) < 4.78 is 27.9. The number of primary sulfonamides is 1. The highest BCUT2D eigenvalue weighted by molar-refractivity contribution is 7.99. The summed E-state index contributed by atoms with van der Waals surface area (Å²) in [7, 11) is -3.70. The van der Waals surface area contributed by atoms with Crippen molar-refractivity contribution in [2.75, 3.05) is 24.7 Å². The maximum absolute atomic E-state index is 11.9. The fourth-order valence-corrected chi connectivity index (χ4v) is 4.57. The molecule has 11 heteroatoms. The molecule has 1 aliphatic heterocycles. The molecule has 4 atom stereocenters. The Balaban J connectivity index is 1.52. The van der Waals surface area contributed by atoms with Gasteiger partial charge in [0.1, 0.15) is 18.3 Å². The Morgan fingerprint density at radius 1 is 1.13 bits per heavy atom. The third-order valence-electron chi connectivity index (χ3n) is 4.88. The Kier molecular flexibility index (Phi) is 10.0. The number of rotatable bonds is 12. The van der Waals surface area contributed by atoms with Gasteiger partial charge in [-0.25, -0.2) is 13.6 Å². The number of sulfonamides is 1. The van der Waals surface area contributed by atoms with Crippen LogP contribution in [0.1, 0.15) is 24.8 Å². The minimum atomic E-state index is -3.70. The number of benzene rings is 1. The van der Waals surface area contributed by atoms with Crippen molar-refractivity contribution in [3.05, 3.63) is 29.8 Å². The summed E-state index contributed by atoms with van der Waals surface area (Å²) >= 11 is 1.63. The van der Waals surface area contributed by atoms with Crippen LogP contribution in [0.5, 0.6) is 0 Å². The van der Waals surface area contributed by atoms with Crippen molar-refractivity contribution in [1.29, 1.82) is 0 Å². The summed E-state index contributed by atoms with van der Waals surface area (Å²) in [5, 5.41) is 36.5. The number of aliphatic hydroxyl groups is 3. The molecule has 1 aromatic rings. The van der Waals surface area contributed by atoms with Crippen molar-refractivity contribution in [2.24, 2.45) is 5.14 Å². The zero-order chi connectivity index (χ0) is 22.1. The molecular formula is C19H30N2O7S2. The van der Waals surface area contributed by atoms with Gasteiger partial charge in [0.2, 0.25) is 15.9 Å². The summed E-state index contributed by atoms with van der Waals surface area (Å²) in [5.74, 6) is 1.42. The van der Waals surface area contributed by atoms with Crippen LogP contribution in [-0.2, 0) is 26.0 Å². The summed E-state index contributed by atoms with van der Waals surface area (Å²) in [5.41, 5.74) is 0.905. The van der Waals surface area contributed by atoms with Gasteiger partial charge in [0.25, 0.3) is 0 Å². The zero-order valence-electron chi connectivity index (χ0n) is 16.6. The van der Waals surface area contributed by atoms with E-state index < -0.39 is 34.4 Å². The quantitative estimate of drug-likeness (QED) is 0.257. The van der Waals surface area contributed by atoms with Gasteiger partial charge in [-0.15, -0.1) is 0 Å². The standard InChI is InChI=1S/C19H30N2O7S2/c20-30(26,27)14-5-3-13(4-6-14)7-9-21-17(23)8-11-29-10-1-2-15-18(24)19(25)16(12-22)28-15/h3-6,15-16,18-19,22,24-25H,1-2,7-12H2,(H,21,23)(H2,20,26,27)/t15-,16+,18-,19+/m0/s1. The van der Waals surface area contributed by atoms with Gasteiger partial charge in [-0.2, -0.15) is 11.8 Å². The van der Waals surface area contributed by atoms with Gasteiger partial charge >= 0.3 is 0 Å². The lowest BCUT2D eigenvalue weighted by atomic mass is 10.1. The SMILES string of the molecule is NS(=O)(=O)c1ccc(CCNC(=O)CCSCCC[C@@H]2O[C@H](CO)[C@@H](O)[C@H]2O)cc1. The summed E-state index contributed by atoms with van der Waals surface area (Å²) in [6, 6.07) is 6.25. The second-order valence-electron chi connectivity index (χ2n) is 7.17. The Morgan fingerprint density at radius 3 is 2.40 bits per heavy atom. The molecule has 1 aliphatic rings. The lowest BCUT2D eigenvalue weighted by Gasteiger charge is -2.14. The molecule has 0 saturated carbocycles. The fourth-order valence-electron chi connectivity index (χ4n) is 3.15. The number of nitrogens with two attached hydrogens (primary N) is 1. The van der Waals surface area contributed by atoms with E-state index in [1.54, 1.807) is 23.9 Å². The van der Waals surface area contributed by atoms with Crippen molar-refractivity contribution in [3.63, 3.8) is 0 Å². The molecular weight excluding hydrogens is 432 g/mol. The summed E-state index contributed by atoms with van der Waals surface area (Å²) in [4.78, 5) is 11.9. The third-order valence-corrected chi connectivity index (χ3v) is 6.88. The molecule has 1 fully saturated rings. The van der Waals surface area contributed by atoms with Gasteiger partial charge in [0.15, 0.2) is 0 Å². The maximum atomic E-state index is 11.9. The first kappa shape index (κ1) is 25.1. The Hall–Kier alpha value is -1.21. The van der Waals surface area contributed by atoms with E-state index in [0.29, 0.717) is 31.6 Å². The lowest BCUT2D eigenvalue weighted by Crippen LogP contribution is -2.33. The molecule has 30 heavy (non-hydrogen) atoms. The predicted octanol–water partition coefficient (Wildman–Crippen LogP) is -0.622. The molecule has 1 saturated heterocycles. The van der Waals surface area contributed by atoms with Crippen molar-refractivity contribution < 1.29 is 33.3 Å². The molecule has 1 aromatic carbocycles. The van der Waals surface area contributed by atoms with Crippen LogP contribution in [0, 0.1) is 0 Å². The van der Waals surface area contributed by atoms with Gasteiger partial charge in [0, 0.05) is 18.7 Å². The van der Waals surface area contributed by atoms with Crippen molar-refractivity contribution >= 4 is 27.7 Å². The van der Waals surface area contributed by atoms with E-state index in [1.807, 2.05) is 0 Å². The monoisotopic (exact) mass is 462 g/mol. The molecule has 0 spiro atoms. The van der Waals surface area contributed by atoms with Crippen molar-refractivity contribution in [2.45, 2.75) is 55.0 Å². The summed E-state index contributed by atoms with van der Waals surface area (Å²) in [6.07, 6.45) is -0.896. The van der Waals surface area contributed by atoms with Gasteiger partial charge in [-0.1, -0.05) is 12.1 Å². The first-order valence-electron chi connectivity index (χ1n) is 9.81. The van der Waals surface area contributed by atoms with E-state index in [1.165, 1.54) is 12.1 Å². The smallest absolute Gasteiger partial charge is 0.238 e. The number of carbonyl (C=O) groups is 1. The Bertz CT molecular complexity index is 774. The van der Waals surface area contributed by atoms with Crippen molar-refractivity contribution in [1.82, 2.24) is 5.32 Å². The zero-order valence-corrected chi connectivity index (χ0v) is 18.3. The normalized spacial score (nSPS) is 24.1. The van der Waals surface area contributed by atoms with Gasteiger partial charge in [-0.3, -0.25) is 4.79 Å². The van der Waals surface area contributed by atoms with Gasteiger partial charge in [0.05, 0.1) is 17.6 Å². The van der Waals surface area contributed by atoms with Crippen molar-refractivity contribution in [3.8, 4) is 0 Å². The molecule has 6 N–H and O–H groups in total. The number of aliphatic hydroxyl groups excluding tert-OH is 3. The average Bonchev–Trinajstić information content (AvgIpc) is 2.98.